The second kappa shape index (κ2) is 9.31. The number of carbonyl (C=O) groups is 1. The maximum absolute atomic E-state index is 13.8. The van der Waals surface area contributed by atoms with Gasteiger partial charge < -0.3 is 10.1 Å². The van der Waals surface area contributed by atoms with E-state index in [1.165, 1.54) is 34.6 Å². The van der Waals surface area contributed by atoms with Gasteiger partial charge >= 0.3 is 0 Å². The number of sulfonamides is 1. The van der Waals surface area contributed by atoms with Gasteiger partial charge in [0.1, 0.15) is 16.6 Å². The molecule has 0 unspecified atom stereocenters. The molecule has 11 heteroatoms. The third kappa shape index (κ3) is 4.50. The minimum absolute atomic E-state index is 0.0357. The summed E-state index contributed by atoms with van der Waals surface area (Å²) < 4.78 is 47.0. The van der Waals surface area contributed by atoms with Gasteiger partial charge in [0.2, 0.25) is 15.0 Å². The van der Waals surface area contributed by atoms with Crippen LogP contribution in [0.5, 0.6) is 5.75 Å². The monoisotopic (exact) mass is 476 g/mol. The lowest BCUT2D eigenvalue weighted by Crippen LogP contribution is -2.30. The largest absolute Gasteiger partial charge is 0.494 e. The third-order valence-electron chi connectivity index (χ3n) is 4.99. The topological polar surface area (TPSA) is 101 Å². The zero-order chi connectivity index (χ0) is 22.7. The summed E-state index contributed by atoms with van der Waals surface area (Å²) in [5, 5.41) is 10.9. The lowest BCUT2D eigenvalue weighted by Gasteiger charge is -2.22. The lowest BCUT2D eigenvalue weighted by molar-refractivity contribution is 0.102. The molecule has 0 radical (unpaired) electrons. The molecule has 1 atom stereocenters. The molecule has 0 bridgehead atoms. The lowest BCUT2D eigenvalue weighted by atomic mass is 10.2. The molecule has 0 spiro atoms. The van der Waals surface area contributed by atoms with Crippen LogP contribution in [0, 0.1) is 5.82 Å². The van der Waals surface area contributed by atoms with Crippen LogP contribution in [-0.4, -0.2) is 42.0 Å². The zero-order valence-electron chi connectivity index (χ0n) is 17.2. The average molecular weight is 477 g/mol. The van der Waals surface area contributed by atoms with Crippen LogP contribution in [-0.2, 0) is 10.0 Å². The fourth-order valence-corrected chi connectivity index (χ4v) is 6.10. The summed E-state index contributed by atoms with van der Waals surface area (Å²) in [4.78, 5) is 12.6. The Morgan fingerprint density at radius 2 is 1.97 bits per heavy atom. The molecule has 2 aromatic carbocycles. The molecule has 1 saturated heterocycles. The summed E-state index contributed by atoms with van der Waals surface area (Å²) in [7, 11) is -3.77. The Morgan fingerprint density at radius 1 is 1.22 bits per heavy atom. The molecule has 1 aliphatic rings. The Morgan fingerprint density at radius 3 is 2.69 bits per heavy atom. The van der Waals surface area contributed by atoms with Crippen LogP contribution in [0.25, 0.3) is 0 Å². The van der Waals surface area contributed by atoms with E-state index >= 15 is 0 Å². The molecule has 4 rings (SSSR count). The molecule has 3 aromatic rings. The van der Waals surface area contributed by atoms with E-state index in [1.54, 1.807) is 18.2 Å². The van der Waals surface area contributed by atoms with Crippen molar-refractivity contribution in [1.29, 1.82) is 0 Å². The Labute approximate surface area is 189 Å². The van der Waals surface area contributed by atoms with Gasteiger partial charge in [0, 0.05) is 6.54 Å². The summed E-state index contributed by atoms with van der Waals surface area (Å²) in [5.74, 6) is -0.564. The molecular weight excluding hydrogens is 455 g/mol. The first-order chi connectivity index (χ1) is 15.4. The van der Waals surface area contributed by atoms with Gasteiger partial charge in [-0.2, -0.15) is 4.31 Å². The van der Waals surface area contributed by atoms with Crippen molar-refractivity contribution in [2.24, 2.45) is 0 Å². The molecule has 1 aliphatic heterocycles. The SMILES string of the molecule is CCOc1ccc(S(=O)(=O)N2CCC[C@H]2c2nnc(C(=O)Nc3ccccc3F)s2)cc1. The Hall–Kier alpha value is -2.89. The smallest absolute Gasteiger partial charge is 0.286 e. The number of amides is 1. The highest BCUT2D eigenvalue weighted by Gasteiger charge is 2.38. The number of rotatable bonds is 7. The predicted molar refractivity (Wildman–Crippen MR) is 118 cm³/mol. The number of anilines is 1. The zero-order valence-corrected chi connectivity index (χ0v) is 18.8. The van der Waals surface area contributed by atoms with E-state index in [4.69, 9.17) is 4.74 Å². The number of para-hydroxylation sites is 1. The van der Waals surface area contributed by atoms with E-state index in [2.05, 4.69) is 15.5 Å². The van der Waals surface area contributed by atoms with Crippen LogP contribution in [0.4, 0.5) is 10.1 Å². The predicted octanol–water partition coefficient (Wildman–Crippen LogP) is 3.85. The van der Waals surface area contributed by atoms with Crippen LogP contribution in [0.3, 0.4) is 0 Å². The number of nitrogens with zero attached hydrogens (tertiary/aromatic N) is 3. The molecule has 0 aliphatic carbocycles. The molecule has 1 aromatic heterocycles. The van der Waals surface area contributed by atoms with Gasteiger partial charge in [-0.05, 0) is 56.2 Å². The van der Waals surface area contributed by atoms with Gasteiger partial charge in [0.05, 0.1) is 23.2 Å². The summed E-state index contributed by atoms with van der Waals surface area (Å²) >= 11 is 1.00. The number of benzene rings is 2. The number of carbonyl (C=O) groups excluding carboxylic acids is 1. The quantitative estimate of drug-likeness (QED) is 0.556. The van der Waals surface area contributed by atoms with Crippen LogP contribution in [0.15, 0.2) is 53.4 Å². The van der Waals surface area contributed by atoms with Gasteiger partial charge in [-0.25, -0.2) is 12.8 Å². The van der Waals surface area contributed by atoms with E-state index in [0.29, 0.717) is 36.8 Å². The highest BCUT2D eigenvalue weighted by atomic mass is 32.2. The summed E-state index contributed by atoms with van der Waals surface area (Å²) in [6.45, 7) is 2.69. The second-order valence-electron chi connectivity index (χ2n) is 7.06. The van der Waals surface area contributed by atoms with Gasteiger partial charge in [-0.3, -0.25) is 4.79 Å². The van der Waals surface area contributed by atoms with Gasteiger partial charge in [-0.1, -0.05) is 23.5 Å². The second-order valence-corrected chi connectivity index (χ2v) is 9.96. The van der Waals surface area contributed by atoms with Gasteiger partial charge in [-0.15, -0.1) is 10.2 Å². The van der Waals surface area contributed by atoms with Crippen molar-refractivity contribution in [3.05, 3.63) is 64.4 Å². The Kier molecular flexibility index (Phi) is 6.49. The van der Waals surface area contributed by atoms with Gasteiger partial charge in [0.15, 0.2) is 0 Å². The molecule has 2 heterocycles. The summed E-state index contributed by atoms with van der Waals surface area (Å²) in [5.41, 5.74) is 0.0369. The normalized spacial score (nSPS) is 16.8. The van der Waals surface area contributed by atoms with Gasteiger partial charge in [0.25, 0.3) is 5.91 Å². The molecule has 8 nitrogen and oxygen atoms in total. The highest BCUT2D eigenvalue weighted by molar-refractivity contribution is 7.89. The van der Waals surface area contributed by atoms with Crippen LogP contribution in [0.2, 0.25) is 0 Å². The van der Waals surface area contributed by atoms with Crippen molar-refractivity contribution in [3.8, 4) is 5.75 Å². The molecule has 1 N–H and O–H groups in total. The van der Waals surface area contributed by atoms with E-state index in [0.717, 1.165) is 11.3 Å². The third-order valence-corrected chi connectivity index (χ3v) is 7.93. The minimum atomic E-state index is -3.77. The Bertz CT molecular complexity index is 1210. The van der Waals surface area contributed by atoms with Crippen LogP contribution in [0.1, 0.15) is 40.6 Å². The van der Waals surface area contributed by atoms with Crippen LogP contribution < -0.4 is 10.1 Å². The fourth-order valence-electron chi connectivity index (χ4n) is 3.48. The van der Waals surface area contributed by atoms with Crippen molar-refractivity contribution in [2.45, 2.75) is 30.7 Å². The first-order valence-electron chi connectivity index (χ1n) is 10.0. The number of hydrogen-bond donors (Lipinski definition) is 1. The van der Waals surface area contributed by atoms with Crippen molar-refractivity contribution in [3.63, 3.8) is 0 Å². The fraction of sp³-hybridized carbons (Fsp3) is 0.286. The van der Waals surface area contributed by atoms with E-state index < -0.39 is 27.8 Å². The summed E-state index contributed by atoms with van der Waals surface area (Å²) in [6, 6.07) is 11.6. The Balaban J connectivity index is 1.53. The van der Waals surface area contributed by atoms with Crippen molar-refractivity contribution < 1.29 is 22.3 Å². The molecule has 168 valence electrons. The van der Waals surface area contributed by atoms with Crippen molar-refractivity contribution in [2.75, 3.05) is 18.5 Å². The molecule has 1 amide bonds. The van der Waals surface area contributed by atoms with E-state index in [9.17, 15) is 17.6 Å². The van der Waals surface area contributed by atoms with E-state index in [-0.39, 0.29) is 15.6 Å². The molecule has 1 fully saturated rings. The van der Waals surface area contributed by atoms with E-state index in [1.807, 2.05) is 6.92 Å². The highest BCUT2D eigenvalue weighted by Crippen LogP contribution is 2.38. The minimum Gasteiger partial charge on any atom is -0.494 e. The first-order valence-corrected chi connectivity index (χ1v) is 12.3. The number of aromatic nitrogens is 2. The number of hydrogen-bond acceptors (Lipinski definition) is 7. The molecular formula is C21H21FN4O4S2. The number of halogens is 1. The first kappa shape index (κ1) is 22.3. The van der Waals surface area contributed by atoms with Crippen molar-refractivity contribution >= 4 is 33.0 Å². The number of nitrogens with one attached hydrogen (secondary N) is 1. The standard InChI is InChI=1S/C21H21FN4O4S2/c1-2-30-14-9-11-15(12-10-14)32(28,29)26-13-5-8-18(26)20-24-25-21(31-20)19(27)23-17-7-4-3-6-16(17)22/h3-4,6-7,9-12,18H,2,5,8,13H2,1H3,(H,23,27)/t18-/m0/s1. The molecule has 32 heavy (non-hydrogen) atoms. The number of ether oxygens (including phenoxy) is 1. The maximum atomic E-state index is 13.8. The average Bonchev–Trinajstić information content (AvgIpc) is 3.46. The molecule has 0 saturated carbocycles. The maximum Gasteiger partial charge on any atom is 0.286 e. The van der Waals surface area contributed by atoms with Crippen LogP contribution >= 0.6 is 11.3 Å². The van der Waals surface area contributed by atoms with Crippen molar-refractivity contribution in [1.82, 2.24) is 14.5 Å². The summed E-state index contributed by atoms with van der Waals surface area (Å²) in [6.07, 6.45) is 1.23.